The van der Waals surface area contributed by atoms with Gasteiger partial charge in [0.2, 0.25) is 0 Å². The van der Waals surface area contributed by atoms with Crippen molar-refractivity contribution < 1.29 is 19.3 Å². The molecule has 7 nitrogen and oxygen atoms in total. The molecule has 1 aliphatic heterocycles. The highest BCUT2D eigenvalue weighted by Crippen LogP contribution is 2.37. The molecule has 9 heteroatoms. The lowest BCUT2D eigenvalue weighted by Gasteiger charge is -2.18. The quantitative estimate of drug-likeness (QED) is 0.432. The van der Waals surface area contributed by atoms with Crippen molar-refractivity contribution in [2.24, 2.45) is 0 Å². The molecule has 0 spiro atoms. The molecule has 0 saturated heterocycles. The van der Waals surface area contributed by atoms with Crippen LogP contribution in [0.1, 0.15) is 30.7 Å². The standard InChI is InChI=1S/C23H20Cl2N4O3/c1-12(2)28-21(30)19(20(23(28)32)27-9-5-6-13(3)11-27)18-14(4)26-29(22(18)31)15-7-8-16(24)17(25)10-15/h5-12H,1-4H3. The van der Waals surface area contributed by atoms with Crippen LogP contribution in [-0.4, -0.2) is 32.5 Å². The molecule has 0 bridgehead atoms. The van der Waals surface area contributed by atoms with E-state index in [2.05, 4.69) is 5.10 Å². The number of aryl methyl sites for hydroxylation is 2. The number of aromatic nitrogens is 3. The van der Waals surface area contributed by atoms with Gasteiger partial charge in [0, 0.05) is 23.2 Å². The number of benzene rings is 1. The van der Waals surface area contributed by atoms with Crippen molar-refractivity contribution >= 4 is 46.3 Å². The average Bonchev–Trinajstić information content (AvgIpc) is 3.15. The summed E-state index contributed by atoms with van der Waals surface area (Å²) in [5, 5.41) is 18.4. The largest absolute Gasteiger partial charge is 0.858 e. The fourth-order valence-corrected chi connectivity index (χ4v) is 4.08. The summed E-state index contributed by atoms with van der Waals surface area (Å²) >= 11 is 12.1. The number of amides is 2. The summed E-state index contributed by atoms with van der Waals surface area (Å²) in [7, 11) is 0. The van der Waals surface area contributed by atoms with Crippen molar-refractivity contribution in [1.29, 1.82) is 0 Å². The minimum Gasteiger partial charge on any atom is -0.858 e. The van der Waals surface area contributed by atoms with Crippen LogP contribution in [-0.2, 0) is 9.59 Å². The number of halogens is 2. The van der Waals surface area contributed by atoms with Gasteiger partial charge in [-0.2, -0.15) is 9.67 Å². The van der Waals surface area contributed by atoms with Gasteiger partial charge < -0.3 is 5.11 Å². The molecule has 32 heavy (non-hydrogen) atoms. The molecule has 0 aliphatic carbocycles. The Balaban J connectivity index is 1.98. The minimum absolute atomic E-state index is 0.0353. The Labute approximate surface area is 195 Å². The zero-order valence-corrected chi connectivity index (χ0v) is 19.4. The van der Waals surface area contributed by atoms with Crippen molar-refractivity contribution in [3.63, 3.8) is 0 Å². The summed E-state index contributed by atoms with van der Waals surface area (Å²) in [6.45, 7) is 7.01. The van der Waals surface area contributed by atoms with Crippen LogP contribution in [0.25, 0.3) is 17.0 Å². The van der Waals surface area contributed by atoms with Gasteiger partial charge in [-0.05, 0) is 57.8 Å². The molecule has 0 radical (unpaired) electrons. The topological polar surface area (TPSA) is 82.1 Å². The molecule has 2 aromatic heterocycles. The molecule has 0 atom stereocenters. The second-order valence-corrected chi connectivity index (χ2v) is 8.68. The van der Waals surface area contributed by atoms with Crippen LogP contribution in [0.3, 0.4) is 0 Å². The van der Waals surface area contributed by atoms with Crippen molar-refractivity contribution in [2.75, 3.05) is 0 Å². The number of carbonyl (C=O) groups excluding carboxylic acids is 2. The minimum atomic E-state index is -0.525. The van der Waals surface area contributed by atoms with Gasteiger partial charge in [0.25, 0.3) is 11.6 Å². The lowest BCUT2D eigenvalue weighted by atomic mass is 10.0. The normalized spacial score (nSPS) is 14.3. The van der Waals surface area contributed by atoms with Gasteiger partial charge >= 0.3 is 5.91 Å². The molecule has 4 rings (SSSR count). The molecule has 2 amide bonds. The molecule has 3 aromatic rings. The first-order valence-corrected chi connectivity index (χ1v) is 10.7. The Bertz CT molecular complexity index is 1310. The highest BCUT2D eigenvalue weighted by molar-refractivity contribution is 6.45. The fraction of sp³-hybridized carbons (Fsp3) is 0.217. The van der Waals surface area contributed by atoms with Gasteiger partial charge in [-0.25, -0.2) is 4.68 Å². The van der Waals surface area contributed by atoms with Crippen molar-refractivity contribution in [1.82, 2.24) is 14.7 Å². The highest BCUT2D eigenvalue weighted by atomic mass is 35.5. The van der Waals surface area contributed by atoms with Crippen LogP contribution in [0.15, 0.2) is 42.7 Å². The van der Waals surface area contributed by atoms with Crippen LogP contribution in [0.5, 0.6) is 5.88 Å². The van der Waals surface area contributed by atoms with Crippen molar-refractivity contribution in [2.45, 2.75) is 33.7 Å². The monoisotopic (exact) mass is 470 g/mol. The number of imide groups is 1. The Morgan fingerprint density at radius 3 is 2.41 bits per heavy atom. The molecule has 0 saturated carbocycles. The molecular formula is C23H20Cl2N4O3. The Morgan fingerprint density at radius 2 is 1.78 bits per heavy atom. The van der Waals surface area contributed by atoms with Crippen LogP contribution in [0.2, 0.25) is 10.0 Å². The molecule has 3 heterocycles. The summed E-state index contributed by atoms with van der Waals surface area (Å²) in [6, 6.07) is 7.97. The predicted octanol–water partition coefficient (Wildman–Crippen LogP) is 3.30. The van der Waals surface area contributed by atoms with Crippen LogP contribution >= 0.6 is 23.2 Å². The zero-order valence-electron chi connectivity index (χ0n) is 17.9. The van der Waals surface area contributed by atoms with E-state index in [1.165, 1.54) is 6.07 Å². The van der Waals surface area contributed by atoms with Gasteiger partial charge in [-0.15, -0.1) is 0 Å². The summed E-state index contributed by atoms with van der Waals surface area (Å²) < 4.78 is 2.75. The lowest BCUT2D eigenvalue weighted by molar-refractivity contribution is -0.577. The summed E-state index contributed by atoms with van der Waals surface area (Å²) in [6.07, 6.45) is 3.42. The van der Waals surface area contributed by atoms with E-state index in [-0.39, 0.29) is 27.9 Å². The van der Waals surface area contributed by atoms with Gasteiger partial charge in [-0.1, -0.05) is 23.2 Å². The third-order valence-corrected chi connectivity index (χ3v) is 5.97. The third-order valence-electron chi connectivity index (χ3n) is 5.23. The second kappa shape index (κ2) is 8.07. The highest BCUT2D eigenvalue weighted by Gasteiger charge is 2.47. The van der Waals surface area contributed by atoms with Gasteiger partial charge in [0.15, 0.2) is 12.4 Å². The third kappa shape index (κ3) is 3.47. The maximum Gasteiger partial charge on any atom is 0.327 e. The number of rotatable bonds is 4. The van der Waals surface area contributed by atoms with E-state index in [1.807, 2.05) is 13.0 Å². The molecular weight excluding hydrogens is 451 g/mol. The van der Waals surface area contributed by atoms with Gasteiger partial charge in [-0.3, -0.25) is 14.5 Å². The number of hydrogen-bond donors (Lipinski definition) is 0. The number of pyridine rings is 1. The maximum atomic E-state index is 13.4. The first-order chi connectivity index (χ1) is 15.1. The average molecular weight is 471 g/mol. The summed E-state index contributed by atoms with van der Waals surface area (Å²) in [5.41, 5.74) is 1.87. The van der Waals surface area contributed by atoms with E-state index in [0.717, 1.165) is 15.1 Å². The molecule has 1 aliphatic rings. The molecule has 0 unspecified atom stereocenters. The maximum absolute atomic E-state index is 13.4. The Hall–Kier alpha value is -3.16. The molecule has 1 aromatic carbocycles. The first kappa shape index (κ1) is 22.0. The molecule has 0 fully saturated rings. The Kier molecular flexibility index (Phi) is 5.56. The van der Waals surface area contributed by atoms with E-state index in [0.29, 0.717) is 16.4 Å². The van der Waals surface area contributed by atoms with Gasteiger partial charge in [0.05, 0.1) is 21.4 Å². The summed E-state index contributed by atoms with van der Waals surface area (Å²) in [4.78, 5) is 27.9. The fourth-order valence-electron chi connectivity index (χ4n) is 3.79. The predicted molar refractivity (Wildman–Crippen MR) is 119 cm³/mol. The number of carbonyl (C=O) groups is 2. The molecule has 0 N–H and O–H groups in total. The van der Waals surface area contributed by atoms with Crippen molar-refractivity contribution in [3.8, 4) is 11.6 Å². The molecule has 164 valence electrons. The first-order valence-electron chi connectivity index (χ1n) is 9.94. The van der Waals surface area contributed by atoms with Crippen LogP contribution in [0.4, 0.5) is 0 Å². The van der Waals surface area contributed by atoms with E-state index in [9.17, 15) is 14.7 Å². The number of hydrogen-bond acceptors (Lipinski definition) is 4. The Morgan fingerprint density at radius 1 is 1.06 bits per heavy atom. The van der Waals surface area contributed by atoms with Crippen LogP contribution in [0, 0.1) is 13.8 Å². The second-order valence-electron chi connectivity index (χ2n) is 7.86. The SMILES string of the molecule is Cc1ccc[n+](C2=C(c3c(C)nn(-c4ccc(Cl)c(Cl)c4)c3[O-])C(=O)N(C(C)C)C2=O)c1. The summed E-state index contributed by atoms with van der Waals surface area (Å²) in [5.74, 6) is -1.51. The van der Waals surface area contributed by atoms with Crippen LogP contribution < -0.4 is 9.67 Å². The van der Waals surface area contributed by atoms with E-state index in [1.54, 1.807) is 55.9 Å². The van der Waals surface area contributed by atoms with Crippen molar-refractivity contribution in [3.05, 3.63) is 69.6 Å². The lowest BCUT2D eigenvalue weighted by Crippen LogP contribution is -2.42. The zero-order chi connectivity index (χ0) is 23.3. The van der Waals surface area contributed by atoms with E-state index in [4.69, 9.17) is 23.2 Å². The smallest absolute Gasteiger partial charge is 0.327 e. The van der Waals surface area contributed by atoms with E-state index < -0.39 is 17.7 Å². The van der Waals surface area contributed by atoms with E-state index >= 15 is 0 Å². The number of nitrogens with zero attached hydrogens (tertiary/aromatic N) is 4. The van der Waals surface area contributed by atoms with Gasteiger partial charge in [0.1, 0.15) is 5.57 Å².